The van der Waals surface area contributed by atoms with Gasteiger partial charge in [-0.1, -0.05) is 48.5 Å². The van der Waals surface area contributed by atoms with Gasteiger partial charge < -0.3 is 15.0 Å². The van der Waals surface area contributed by atoms with Crippen LogP contribution in [-0.4, -0.2) is 49.1 Å². The van der Waals surface area contributed by atoms with Crippen molar-refractivity contribution in [3.8, 4) is 0 Å². The molecule has 2 saturated heterocycles. The number of nitrogens with zero attached hydrogens (tertiary/aromatic N) is 1. The van der Waals surface area contributed by atoms with E-state index in [4.69, 9.17) is 27.9 Å². The van der Waals surface area contributed by atoms with Crippen LogP contribution in [0.4, 0.5) is 0 Å². The smallest absolute Gasteiger partial charge is 0.233 e. The van der Waals surface area contributed by atoms with Crippen LogP contribution >= 0.6 is 23.2 Å². The normalized spacial score (nSPS) is 24.6. The molecule has 1 aliphatic carbocycles. The van der Waals surface area contributed by atoms with Gasteiger partial charge in [0.15, 0.2) is 0 Å². The van der Waals surface area contributed by atoms with Gasteiger partial charge in [0, 0.05) is 42.4 Å². The van der Waals surface area contributed by atoms with E-state index in [-0.39, 0.29) is 17.7 Å². The highest BCUT2D eigenvalue weighted by Gasteiger charge is 2.46. The number of ether oxygens (including phenoxy) is 1. The molecule has 5 nitrogen and oxygen atoms in total. The van der Waals surface area contributed by atoms with Gasteiger partial charge in [-0.05, 0) is 56.2 Å². The standard InChI is InChI=1S/C24H32Cl2N2O3/c25-18-8-9-20(21(26)15-18)24(10-13-31-14-11-24)23(30)28-12-4-5-17(16-28)22(29)27-19-6-2-1-3-7-19/h8-9,15,17,19H,1-7,10-14,16H2,(H,27,29). The number of rotatable bonds is 4. The van der Waals surface area contributed by atoms with Crippen LogP contribution in [0.2, 0.25) is 10.0 Å². The van der Waals surface area contributed by atoms with Crippen LogP contribution in [0.25, 0.3) is 0 Å². The van der Waals surface area contributed by atoms with E-state index in [0.29, 0.717) is 55.2 Å². The van der Waals surface area contributed by atoms with E-state index in [1.807, 2.05) is 11.0 Å². The van der Waals surface area contributed by atoms with Gasteiger partial charge in [-0.25, -0.2) is 0 Å². The molecule has 1 aromatic carbocycles. The van der Waals surface area contributed by atoms with E-state index in [9.17, 15) is 9.59 Å². The largest absolute Gasteiger partial charge is 0.381 e. The zero-order valence-electron chi connectivity index (χ0n) is 18.0. The molecule has 1 saturated carbocycles. The Morgan fingerprint density at radius 1 is 1.03 bits per heavy atom. The predicted octanol–water partition coefficient (Wildman–Crippen LogP) is 4.73. The molecule has 1 N–H and O–H groups in total. The molecular formula is C24H32Cl2N2O3. The van der Waals surface area contributed by atoms with Crippen molar-refractivity contribution in [1.29, 1.82) is 0 Å². The first-order valence-corrected chi connectivity index (χ1v) is 12.4. The second-order valence-electron chi connectivity index (χ2n) is 9.25. The van der Waals surface area contributed by atoms with Crippen molar-refractivity contribution in [2.24, 2.45) is 5.92 Å². The van der Waals surface area contributed by atoms with E-state index in [0.717, 1.165) is 31.2 Å². The van der Waals surface area contributed by atoms with Crippen molar-refractivity contribution in [3.05, 3.63) is 33.8 Å². The molecule has 3 aliphatic rings. The number of carbonyl (C=O) groups excluding carboxylic acids is 2. The second-order valence-corrected chi connectivity index (χ2v) is 10.1. The molecular weight excluding hydrogens is 435 g/mol. The molecule has 0 bridgehead atoms. The van der Waals surface area contributed by atoms with Gasteiger partial charge in [0.05, 0.1) is 11.3 Å². The summed E-state index contributed by atoms with van der Waals surface area (Å²) in [7, 11) is 0. The minimum Gasteiger partial charge on any atom is -0.381 e. The lowest BCUT2D eigenvalue weighted by Crippen LogP contribution is -2.54. The molecule has 3 fully saturated rings. The molecule has 2 aliphatic heterocycles. The highest BCUT2D eigenvalue weighted by molar-refractivity contribution is 6.35. The third-order valence-electron chi connectivity index (χ3n) is 7.23. The Morgan fingerprint density at radius 2 is 1.77 bits per heavy atom. The second kappa shape index (κ2) is 10.1. The van der Waals surface area contributed by atoms with E-state index in [1.165, 1.54) is 19.3 Å². The lowest BCUT2D eigenvalue weighted by atomic mass is 9.72. The summed E-state index contributed by atoms with van der Waals surface area (Å²) in [6.07, 6.45) is 8.62. The number of hydrogen-bond donors (Lipinski definition) is 1. The first kappa shape index (κ1) is 22.9. The lowest BCUT2D eigenvalue weighted by molar-refractivity contribution is -0.144. The van der Waals surface area contributed by atoms with Crippen LogP contribution in [0.15, 0.2) is 18.2 Å². The Labute approximate surface area is 194 Å². The monoisotopic (exact) mass is 466 g/mol. The third-order valence-corrected chi connectivity index (χ3v) is 7.78. The molecule has 170 valence electrons. The van der Waals surface area contributed by atoms with Gasteiger partial charge in [-0.2, -0.15) is 0 Å². The van der Waals surface area contributed by atoms with Crippen LogP contribution in [0, 0.1) is 5.92 Å². The molecule has 0 spiro atoms. The maximum Gasteiger partial charge on any atom is 0.233 e. The van der Waals surface area contributed by atoms with Crippen LogP contribution in [0.1, 0.15) is 63.4 Å². The maximum atomic E-state index is 13.9. The quantitative estimate of drug-likeness (QED) is 0.697. The fraction of sp³-hybridized carbons (Fsp3) is 0.667. The summed E-state index contributed by atoms with van der Waals surface area (Å²) in [6.45, 7) is 2.19. The molecule has 0 radical (unpaired) electrons. The fourth-order valence-electron chi connectivity index (χ4n) is 5.44. The molecule has 31 heavy (non-hydrogen) atoms. The molecule has 7 heteroatoms. The van der Waals surface area contributed by atoms with Crippen LogP contribution in [-0.2, 0) is 19.7 Å². The summed E-state index contributed by atoms with van der Waals surface area (Å²) >= 11 is 12.7. The minimum atomic E-state index is -0.721. The van der Waals surface area contributed by atoms with Crippen LogP contribution in [0.3, 0.4) is 0 Å². The summed E-state index contributed by atoms with van der Waals surface area (Å²) in [6, 6.07) is 5.68. The molecule has 1 unspecified atom stereocenters. The topological polar surface area (TPSA) is 58.6 Å². The Balaban J connectivity index is 1.51. The number of piperidine rings is 1. The molecule has 1 aromatic rings. The number of benzene rings is 1. The van der Waals surface area contributed by atoms with Crippen molar-refractivity contribution < 1.29 is 14.3 Å². The highest BCUT2D eigenvalue weighted by atomic mass is 35.5. The zero-order valence-corrected chi connectivity index (χ0v) is 19.5. The lowest BCUT2D eigenvalue weighted by Gasteiger charge is -2.43. The zero-order chi connectivity index (χ0) is 21.8. The van der Waals surface area contributed by atoms with Crippen molar-refractivity contribution in [2.75, 3.05) is 26.3 Å². The first-order chi connectivity index (χ1) is 15.0. The van der Waals surface area contributed by atoms with E-state index in [1.54, 1.807) is 12.1 Å². The van der Waals surface area contributed by atoms with E-state index >= 15 is 0 Å². The van der Waals surface area contributed by atoms with Crippen LogP contribution < -0.4 is 5.32 Å². The van der Waals surface area contributed by atoms with E-state index < -0.39 is 5.41 Å². The molecule has 1 atom stereocenters. The average Bonchev–Trinajstić information content (AvgIpc) is 2.80. The Morgan fingerprint density at radius 3 is 2.48 bits per heavy atom. The fourth-order valence-corrected chi connectivity index (χ4v) is 6.03. The van der Waals surface area contributed by atoms with Gasteiger partial charge in [-0.15, -0.1) is 0 Å². The molecule has 0 aromatic heterocycles. The van der Waals surface area contributed by atoms with Gasteiger partial charge >= 0.3 is 0 Å². The number of hydrogen-bond acceptors (Lipinski definition) is 3. The average molecular weight is 467 g/mol. The Kier molecular flexibility index (Phi) is 7.45. The Bertz CT molecular complexity index is 804. The van der Waals surface area contributed by atoms with Gasteiger partial charge in [-0.3, -0.25) is 9.59 Å². The summed E-state index contributed by atoms with van der Waals surface area (Å²) in [5.41, 5.74) is 0.0995. The van der Waals surface area contributed by atoms with Gasteiger partial charge in [0.25, 0.3) is 0 Å². The third kappa shape index (κ3) is 5.04. The summed E-state index contributed by atoms with van der Waals surface area (Å²) < 4.78 is 5.59. The molecule has 2 amide bonds. The first-order valence-electron chi connectivity index (χ1n) is 11.6. The molecule has 2 heterocycles. The van der Waals surface area contributed by atoms with Crippen molar-refractivity contribution in [2.45, 2.75) is 69.2 Å². The number of halogens is 2. The Hall–Kier alpha value is -1.30. The van der Waals surface area contributed by atoms with Gasteiger partial charge in [0.1, 0.15) is 0 Å². The number of amides is 2. The van der Waals surface area contributed by atoms with E-state index in [2.05, 4.69) is 5.32 Å². The number of nitrogens with one attached hydrogen (secondary N) is 1. The predicted molar refractivity (Wildman–Crippen MR) is 123 cm³/mol. The minimum absolute atomic E-state index is 0.0650. The van der Waals surface area contributed by atoms with Crippen molar-refractivity contribution in [3.63, 3.8) is 0 Å². The highest BCUT2D eigenvalue weighted by Crippen LogP contribution is 2.41. The summed E-state index contributed by atoms with van der Waals surface area (Å²) in [5, 5.41) is 4.33. The van der Waals surface area contributed by atoms with Crippen molar-refractivity contribution in [1.82, 2.24) is 10.2 Å². The number of likely N-dealkylation sites (tertiary alicyclic amines) is 1. The van der Waals surface area contributed by atoms with Gasteiger partial charge in [0.2, 0.25) is 11.8 Å². The maximum absolute atomic E-state index is 13.9. The number of carbonyl (C=O) groups is 2. The van der Waals surface area contributed by atoms with Crippen LogP contribution in [0.5, 0.6) is 0 Å². The van der Waals surface area contributed by atoms with Crippen molar-refractivity contribution >= 4 is 35.0 Å². The molecule has 4 rings (SSSR count). The summed E-state index contributed by atoms with van der Waals surface area (Å²) in [5.74, 6) is 0.0300. The SMILES string of the molecule is O=C(NC1CCCCC1)C1CCCN(C(=O)C2(c3ccc(Cl)cc3Cl)CCOCC2)C1. The summed E-state index contributed by atoms with van der Waals surface area (Å²) in [4.78, 5) is 28.8.